The Morgan fingerprint density at radius 2 is 1.73 bits per heavy atom. The van der Waals surface area contributed by atoms with E-state index in [1.165, 1.54) is 5.56 Å². The van der Waals surface area contributed by atoms with Crippen molar-refractivity contribution in [3.8, 4) is 11.4 Å². The number of rotatable bonds is 6. The van der Waals surface area contributed by atoms with E-state index in [2.05, 4.69) is 25.7 Å². The maximum absolute atomic E-state index is 12.8. The number of urea groups is 1. The zero-order chi connectivity index (χ0) is 23.2. The summed E-state index contributed by atoms with van der Waals surface area (Å²) in [4.78, 5) is 33.4. The molecule has 3 amide bonds. The summed E-state index contributed by atoms with van der Waals surface area (Å²) in [5.74, 6) is 1.03. The van der Waals surface area contributed by atoms with Crippen LogP contribution in [0.25, 0.3) is 11.4 Å². The maximum Gasteiger partial charge on any atom is 0.319 e. The Balaban J connectivity index is 1.23. The predicted molar refractivity (Wildman–Crippen MR) is 124 cm³/mol. The zero-order valence-corrected chi connectivity index (χ0v) is 18.8. The minimum absolute atomic E-state index is 0.0997. The van der Waals surface area contributed by atoms with E-state index in [9.17, 15) is 9.59 Å². The van der Waals surface area contributed by atoms with Gasteiger partial charge in [-0.05, 0) is 26.0 Å². The summed E-state index contributed by atoms with van der Waals surface area (Å²) >= 11 is 0. The number of amides is 3. The van der Waals surface area contributed by atoms with Crippen LogP contribution in [0.1, 0.15) is 18.4 Å². The van der Waals surface area contributed by atoms with Crippen molar-refractivity contribution < 1.29 is 14.1 Å². The maximum atomic E-state index is 12.8. The van der Waals surface area contributed by atoms with E-state index in [-0.39, 0.29) is 5.91 Å². The van der Waals surface area contributed by atoms with Crippen molar-refractivity contribution in [3.05, 3.63) is 66.1 Å². The minimum atomic E-state index is -0.617. The monoisotopic (exact) mass is 448 g/mol. The van der Waals surface area contributed by atoms with Gasteiger partial charge >= 0.3 is 6.03 Å². The van der Waals surface area contributed by atoms with Crippen LogP contribution in [0.3, 0.4) is 0 Å². The molecule has 0 spiro atoms. The number of piperazine rings is 1. The lowest BCUT2D eigenvalue weighted by molar-refractivity contribution is -0.134. The van der Waals surface area contributed by atoms with Crippen LogP contribution in [-0.4, -0.2) is 64.1 Å². The summed E-state index contributed by atoms with van der Waals surface area (Å²) in [5, 5.41) is 9.52. The van der Waals surface area contributed by atoms with Crippen LogP contribution in [0.15, 0.2) is 59.1 Å². The second kappa shape index (κ2) is 10.3. The number of nitrogens with one attached hydrogen (secondary N) is 2. The number of benzene rings is 2. The number of aryl methyl sites for hydroxylation is 1. The highest BCUT2D eigenvalue weighted by Gasteiger charge is 2.26. The van der Waals surface area contributed by atoms with Gasteiger partial charge in [0.1, 0.15) is 6.04 Å². The summed E-state index contributed by atoms with van der Waals surface area (Å²) in [6, 6.07) is 16.1. The van der Waals surface area contributed by atoms with Crippen molar-refractivity contribution in [1.82, 2.24) is 25.3 Å². The highest BCUT2D eigenvalue weighted by molar-refractivity contribution is 5.93. The molecule has 1 saturated heterocycles. The van der Waals surface area contributed by atoms with Crippen molar-refractivity contribution >= 4 is 17.6 Å². The van der Waals surface area contributed by atoms with Crippen molar-refractivity contribution in [2.24, 2.45) is 0 Å². The standard InChI is InChI=1S/C24H28N6O3/c1-17-8-10-19(11-9-17)22-27-21(33-28-22)16-29-12-14-30(15-13-29)23(31)18(2)25-24(32)26-20-6-4-3-5-7-20/h3-11,18H,12-16H2,1-2H3,(H2,25,26,32). The van der Waals surface area contributed by atoms with E-state index in [1.54, 1.807) is 24.0 Å². The molecule has 0 bridgehead atoms. The van der Waals surface area contributed by atoms with Crippen LogP contribution in [0, 0.1) is 6.92 Å². The van der Waals surface area contributed by atoms with Gasteiger partial charge in [-0.15, -0.1) is 0 Å². The molecule has 2 heterocycles. The molecule has 0 aliphatic carbocycles. The lowest BCUT2D eigenvalue weighted by atomic mass is 10.1. The number of nitrogens with zero attached hydrogens (tertiary/aromatic N) is 4. The fourth-order valence-electron chi connectivity index (χ4n) is 3.68. The molecule has 1 unspecified atom stereocenters. The molecule has 1 fully saturated rings. The number of hydrogen-bond donors (Lipinski definition) is 2. The Bertz CT molecular complexity index is 1080. The van der Waals surface area contributed by atoms with Gasteiger partial charge in [0.2, 0.25) is 17.6 Å². The van der Waals surface area contributed by atoms with Crippen molar-refractivity contribution in [3.63, 3.8) is 0 Å². The molecule has 172 valence electrons. The Morgan fingerprint density at radius 3 is 2.42 bits per heavy atom. The van der Waals surface area contributed by atoms with Gasteiger partial charge in [-0.2, -0.15) is 4.98 Å². The molecule has 1 aliphatic rings. The quantitative estimate of drug-likeness (QED) is 0.601. The topological polar surface area (TPSA) is 104 Å². The molecular formula is C24H28N6O3. The smallest absolute Gasteiger partial charge is 0.319 e. The van der Waals surface area contributed by atoms with Crippen molar-refractivity contribution in [2.75, 3.05) is 31.5 Å². The van der Waals surface area contributed by atoms with E-state index >= 15 is 0 Å². The third-order valence-electron chi connectivity index (χ3n) is 5.57. The van der Waals surface area contributed by atoms with Crippen LogP contribution in [-0.2, 0) is 11.3 Å². The van der Waals surface area contributed by atoms with Gasteiger partial charge < -0.3 is 20.1 Å². The Kier molecular flexibility index (Phi) is 6.99. The van der Waals surface area contributed by atoms with Gasteiger partial charge in [0.15, 0.2) is 0 Å². The van der Waals surface area contributed by atoms with Gasteiger partial charge in [0, 0.05) is 37.4 Å². The third-order valence-corrected chi connectivity index (χ3v) is 5.57. The van der Waals surface area contributed by atoms with Crippen LogP contribution >= 0.6 is 0 Å². The van der Waals surface area contributed by atoms with Crippen LogP contribution < -0.4 is 10.6 Å². The van der Waals surface area contributed by atoms with E-state index in [1.807, 2.05) is 49.4 Å². The largest absolute Gasteiger partial charge is 0.338 e. The van der Waals surface area contributed by atoms with Gasteiger partial charge in [0.05, 0.1) is 6.54 Å². The fraction of sp³-hybridized carbons (Fsp3) is 0.333. The number of anilines is 1. The first-order chi connectivity index (χ1) is 16.0. The Morgan fingerprint density at radius 1 is 1.03 bits per heavy atom. The minimum Gasteiger partial charge on any atom is -0.338 e. The molecule has 2 aromatic carbocycles. The fourth-order valence-corrected chi connectivity index (χ4v) is 3.68. The molecule has 1 aliphatic heterocycles. The van der Waals surface area contributed by atoms with Gasteiger partial charge in [-0.1, -0.05) is 53.2 Å². The molecular weight excluding hydrogens is 420 g/mol. The van der Waals surface area contributed by atoms with Crippen molar-refractivity contribution in [2.45, 2.75) is 26.4 Å². The van der Waals surface area contributed by atoms with Crippen molar-refractivity contribution in [1.29, 1.82) is 0 Å². The van der Waals surface area contributed by atoms with E-state index in [0.29, 0.717) is 50.1 Å². The number of carbonyl (C=O) groups is 2. The number of carbonyl (C=O) groups excluding carboxylic acids is 2. The lowest BCUT2D eigenvalue weighted by Crippen LogP contribution is -2.54. The zero-order valence-electron chi connectivity index (χ0n) is 18.8. The molecule has 33 heavy (non-hydrogen) atoms. The third kappa shape index (κ3) is 5.95. The van der Waals surface area contributed by atoms with Crippen LogP contribution in [0.2, 0.25) is 0 Å². The number of para-hydroxylation sites is 1. The molecule has 0 radical (unpaired) electrons. The first-order valence-electron chi connectivity index (χ1n) is 11.0. The molecule has 1 atom stereocenters. The summed E-state index contributed by atoms with van der Waals surface area (Å²) in [5.41, 5.74) is 2.77. The molecule has 3 aromatic rings. The normalized spacial score (nSPS) is 15.2. The molecule has 2 N–H and O–H groups in total. The summed E-state index contributed by atoms with van der Waals surface area (Å²) in [7, 11) is 0. The Hall–Kier alpha value is -3.72. The van der Waals surface area contributed by atoms with E-state index in [4.69, 9.17) is 4.52 Å². The summed E-state index contributed by atoms with van der Waals surface area (Å²) in [6.07, 6.45) is 0. The van der Waals surface area contributed by atoms with Gasteiger partial charge in [-0.25, -0.2) is 4.79 Å². The van der Waals surface area contributed by atoms with Crippen LogP contribution in [0.5, 0.6) is 0 Å². The Labute approximate surface area is 192 Å². The number of hydrogen-bond acceptors (Lipinski definition) is 6. The van der Waals surface area contributed by atoms with Crippen LogP contribution in [0.4, 0.5) is 10.5 Å². The highest BCUT2D eigenvalue weighted by atomic mass is 16.5. The van der Waals surface area contributed by atoms with Gasteiger partial charge in [0.25, 0.3) is 0 Å². The van der Waals surface area contributed by atoms with E-state index in [0.717, 1.165) is 5.56 Å². The average molecular weight is 449 g/mol. The first-order valence-corrected chi connectivity index (χ1v) is 11.0. The SMILES string of the molecule is Cc1ccc(-c2noc(CN3CCN(C(=O)C(C)NC(=O)Nc4ccccc4)CC3)n2)cc1. The van der Waals surface area contributed by atoms with E-state index < -0.39 is 12.1 Å². The first kappa shape index (κ1) is 22.5. The average Bonchev–Trinajstić information content (AvgIpc) is 3.28. The number of aromatic nitrogens is 2. The molecule has 9 heteroatoms. The molecule has 1 aromatic heterocycles. The molecule has 0 saturated carbocycles. The van der Waals surface area contributed by atoms with Gasteiger partial charge in [-0.3, -0.25) is 9.69 Å². The summed E-state index contributed by atoms with van der Waals surface area (Å²) in [6.45, 7) is 6.80. The predicted octanol–water partition coefficient (Wildman–Crippen LogP) is 2.90. The lowest BCUT2D eigenvalue weighted by Gasteiger charge is -2.35. The summed E-state index contributed by atoms with van der Waals surface area (Å²) < 4.78 is 5.42. The molecule has 9 nitrogen and oxygen atoms in total. The highest BCUT2D eigenvalue weighted by Crippen LogP contribution is 2.17. The second-order valence-electron chi connectivity index (χ2n) is 8.17. The molecule has 4 rings (SSSR count). The second-order valence-corrected chi connectivity index (χ2v) is 8.17.